The average molecular weight is 378 g/mol. The summed E-state index contributed by atoms with van der Waals surface area (Å²) in [6.45, 7) is 0. The van der Waals surface area contributed by atoms with E-state index in [2.05, 4.69) is 31.0 Å². The second kappa shape index (κ2) is 6.03. The van der Waals surface area contributed by atoms with Gasteiger partial charge in [0.25, 0.3) is 5.56 Å². The molecule has 2 N–H and O–H groups in total. The van der Waals surface area contributed by atoms with Gasteiger partial charge in [-0.05, 0) is 16.5 Å². The normalized spacial score (nSPS) is 14.9. The first-order valence-electron chi connectivity index (χ1n) is 8.21. The lowest BCUT2D eigenvalue weighted by Gasteiger charge is -2.28. The van der Waals surface area contributed by atoms with E-state index in [4.69, 9.17) is 11.6 Å². The van der Waals surface area contributed by atoms with E-state index in [1.54, 1.807) is 10.7 Å². The predicted molar refractivity (Wildman–Crippen MR) is 100 cm³/mol. The van der Waals surface area contributed by atoms with Crippen LogP contribution in [0.15, 0.2) is 59.4 Å². The zero-order valence-corrected chi connectivity index (χ0v) is 14.6. The minimum Gasteiger partial charge on any atom is -0.318 e. The third kappa shape index (κ3) is 2.42. The average Bonchev–Trinajstić information content (AvgIpc) is 3.17. The Bertz CT molecular complexity index is 1200. The Morgan fingerprint density at radius 3 is 2.63 bits per heavy atom. The van der Waals surface area contributed by atoms with Gasteiger partial charge in [0.05, 0.1) is 5.69 Å². The minimum absolute atomic E-state index is 0.351. The monoisotopic (exact) mass is 377 g/mol. The molecule has 0 bridgehead atoms. The second-order valence-electron chi connectivity index (χ2n) is 6.05. The van der Waals surface area contributed by atoms with Crippen molar-refractivity contribution in [1.82, 2.24) is 30.4 Å². The predicted octanol–water partition coefficient (Wildman–Crippen LogP) is 2.77. The van der Waals surface area contributed by atoms with Crippen molar-refractivity contribution in [2.45, 2.75) is 6.04 Å². The summed E-state index contributed by atoms with van der Waals surface area (Å²) in [7, 11) is 0. The van der Waals surface area contributed by atoms with Gasteiger partial charge in [-0.15, -0.1) is 0 Å². The molecule has 1 atom stereocenters. The van der Waals surface area contributed by atoms with Gasteiger partial charge in [-0.2, -0.15) is 9.78 Å². The highest BCUT2D eigenvalue weighted by atomic mass is 35.5. The number of H-pyrrole nitrogens is 1. The number of nitrogens with one attached hydrogen (secondary N) is 2. The van der Waals surface area contributed by atoms with Crippen LogP contribution in [-0.2, 0) is 0 Å². The highest BCUT2D eigenvalue weighted by molar-refractivity contribution is 6.31. The van der Waals surface area contributed by atoms with Crippen LogP contribution in [-0.4, -0.2) is 30.4 Å². The molecule has 1 aliphatic rings. The number of rotatable bonds is 2. The van der Waals surface area contributed by atoms with Gasteiger partial charge in [-0.25, -0.2) is 5.10 Å². The molecule has 8 nitrogen and oxygen atoms in total. The summed E-state index contributed by atoms with van der Waals surface area (Å²) in [5.41, 5.74) is 2.94. The Morgan fingerprint density at radius 1 is 1.04 bits per heavy atom. The van der Waals surface area contributed by atoms with E-state index in [-0.39, 0.29) is 5.56 Å². The number of aromatic nitrogens is 6. The van der Waals surface area contributed by atoms with Crippen molar-refractivity contribution in [3.63, 3.8) is 0 Å². The number of aromatic amines is 1. The van der Waals surface area contributed by atoms with Crippen molar-refractivity contribution in [2.24, 2.45) is 0 Å². The molecular weight excluding hydrogens is 366 g/mol. The van der Waals surface area contributed by atoms with E-state index < -0.39 is 6.04 Å². The molecule has 0 saturated heterocycles. The lowest BCUT2D eigenvalue weighted by molar-refractivity contribution is 0.567. The maximum absolute atomic E-state index is 12.5. The van der Waals surface area contributed by atoms with Gasteiger partial charge in [0.1, 0.15) is 11.7 Å². The van der Waals surface area contributed by atoms with Gasteiger partial charge in [0, 0.05) is 21.7 Å². The van der Waals surface area contributed by atoms with E-state index in [9.17, 15) is 4.79 Å². The third-order valence-electron chi connectivity index (χ3n) is 4.52. The number of nitrogens with zero attached hydrogens (tertiary/aromatic N) is 5. The van der Waals surface area contributed by atoms with Crippen LogP contribution >= 0.6 is 11.6 Å². The summed E-state index contributed by atoms with van der Waals surface area (Å²) in [6.07, 6.45) is 0. The zero-order valence-electron chi connectivity index (χ0n) is 13.8. The molecule has 0 radical (unpaired) electrons. The molecule has 2 aromatic carbocycles. The third-order valence-corrected chi connectivity index (χ3v) is 4.86. The fraction of sp³-hybridized carbons (Fsp3) is 0.0556. The molecule has 5 rings (SSSR count). The first-order chi connectivity index (χ1) is 13.2. The van der Waals surface area contributed by atoms with Gasteiger partial charge in [-0.1, -0.05) is 65.2 Å². The summed E-state index contributed by atoms with van der Waals surface area (Å²) in [4.78, 5) is 12.5. The molecule has 0 fully saturated rings. The Balaban J connectivity index is 1.86. The summed E-state index contributed by atoms with van der Waals surface area (Å²) < 4.78 is 1.61. The molecule has 1 aliphatic heterocycles. The van der Waals surface area contributed by atoms with E-state index in [0.29, 0.717) is 27.9 Å². The fourth-order valence-electron chi connectivity index (χ4n) is 3.34. The number of tetrazole rings is 1. The Kier molecular flexibility index (Phi) is 3.51. The molecule has 27 heavy (non-hydrogen) atoms. The van der Waals surface area contributed by atoms with Crippen molar-refractivity contribution in [3.05, 3.63) is 81.1 Å². The van der Waals surface area contributed by atoms with Gasteiger partial charge >= 0.3 is 0 Å². The topological polar surface area (TPSA) is 101 Å². The van der Waals surface area contributed by atoms with Gasteiger partial charge in [-0.3, -0.25) is 4.79 Å². The standard InChI is InChI=1S/C18H12ClN7O/c19-12-9-5-4-8-11(12)16-13-14(10-6-2-1-3-7-10)21-22-17(27)15(13)20-18-23-24-25-26(16)18/h1-9,16H,(H,22,27)(H,20,23,25)/t16-/m1/s1. The molecule has 0 amide bonds. The van der Waals surface area contributed by atoms with E-state index >= 15 is 0 Å². The number of fused-ring (bicyclic) bond motifs is 2. The molecule has 132 valence electrons. The molecule has 0 spiro atoms. The first kappa shape index (κ1) is 15.7. The summed E-state index contributed by atoms with van der Waals surface area (Å²) in [6, 6.07) is 16.5. The first-order valence-corrected chi connectivity index (χ1v) is 8.59. The molecule has 9 heteroatoms. The molecule has 4 aromatic rings. The van der Waals surface area contributed by atoms with Crippen LogP contribution in [0.25, 0.3) is 11.3 Å². The molecule has 0 saturated carbocycles. The van der Waals surface area contributed by atoms with Crippen LogP contribution in [0.4, 0.5) is 11.6 Å². The quantitative estimate of drug-likeness (QED) is 0.490. The number of halogens is 1. The maximum Gasteiger partial charge on any atom is 0.288 e. The van der Waals surface area contributed by atoms with Crippen LogP contribution < -0.4 is 10.9 Å². The van der Waals surface area contributed by atoms with Crippen molar-refractivity contribution in [3.8, 4) is 11.3 Å². The largest absolute Gasteiger partial charge is 0.318 e. The highest BCUT2D eigenvalue weighted by Crippen LogP contribution is 2.42. The van der Waals surface area contributed by atoms with Crippen LogP contribution in [0.1, 0.15) is 17.2 Å². The molecule has 3 heterocycles. The summed E-state index contributed by atoms with van der Waals surface area (Å²) in [5.74, 6) is 0.364. The summed E-state index contributed by atoms with van der Waals surface area (Å²) in [5, 5.41) is 22.3. The minimum atomic E-state index is -0.495. The van der Waals surface area contributed by atoms with E-state index in [1.165, 1.54) is 0 Å². The number of hydrogen-bond acceptors (Lipinski definition) is 6. The molecule has 0 unspecified atom stereocenters. The summed E-state index contributed by atoms with van der Waals surface area (Å²) >= 11 is 6.49. The number of benzene rings is 2. The van der Waals surface area contributed by atoms with Crippen LogP contribution in [0.2, 0.25) is 5.02 Å². The van der Waals surface area contributed by atoms with Crippen LogP contribution in [0.5, 0.6) is 0 Å². The lowest BCUT2D eigenvalue weighted by Crippen LogP contribution is -2.29. The molecular formula is C18H12ClN7O. The van der Waals surface area contributed by atoms with Crippen molar-refractivity contribution in [2.75, 3.05) is 5.32 Å². The Morgan fingerprint density at radius 2 is 1.81 bits per heavy atom. The maximum atomic E-state index is 12.5. The van der Waals surface area contributed by atoms with E-state index in [1.807, 2.05) is 48.5 Å². The van der Waals surface area contributed by atoms with Gasteiger partial charge in [0.15, 0.2) is 0 Å². The Hall–Kier alpha value is -3.52. The van der Waals surface area contributed by atoms with Gasteiger partial charge < -0.3 is 5.32 Å². The lowest BCUT2D eigenvalue weighted by atomic mass is 9.92. The Labute approximate surface area is 157 Å². The van der Waals surface area contributed by atoms with Gasteiger partial charge in [0.2, 0.25) is 5.95 Å². The van der Waals surface area contributed by atoms with E-state index in [0.717, 1.165) is 11.1 Å². The van der Waals surface area contributed by atoms with Crippen molar-refractivity contribution < 1.29 is 0 Å². The van der Waals surface area contributed by atoms with Crippen LogP contribution in [0, 0.1) is 0 Å². The zero-order chi connectivity index (χ0) is 18.4. The molecule has 0 aliphatic carbocycles. The van der Waals surface area contributed by atoms with Crippen molar-refractivity contribution >= 4 is 23.2 Å². The number of hydrogen-bond donors (Lipinski definition) is 2. The van der Waals surface area contributed by atoms with Crippen molar-refractivity contribution in [1.29, 1.82) is 0 Å². The fourth-order valence-corrected chi connectivity index (χ4v) is 3.58. The second-order valence-corrected chi connectivity index (χ2v) is 6.46. The highest BCUT2D eigenvalue weighted by Gasteiger charge is 2.35. The number of anilines is 2. The molecule has 2 aromatic heterocycles. The smallest absolute Gasteiger partial charge is 0.288 e. The SMILES string of the molecule is O=c1[nH]nc(-c2ccccc2)c2c1Nc1nnnn1[C@@H]2c1ccccc1Cl. The van der Waals surface area contributed by atoms with Crippen LogP contribution in [0.3, 0.4) is 0 Å².